The molecule has 0 saturated carbocycles. The molecule has 0 aliphatic heterocycles. The molecule has 0 aromatic rings. The van der Waals surface area contributed by atoms with E-state index in [0.717, 1.165) is 12.8 Å². The van der Waals surface area contributed by atoms with E-state index in [2.05, 4.69) is 6.92 Å². The van der Waals surface area contributed by atoms with Gasteiger partial charge in [-0.3, -0.25) is 9.59 Å². The molecule has 0 saturated heterocycles. The molecule has 0 aliphatic rings. The summed E-state index contributed by atoms with van der Waals surface area (Å²) in [5.74, 6) is -0.777. The standard InChI is InChI=1S/C16H31NO3.Na/c1-2-3-4-5-6-7-8-9-10-11-14-20-16(19)13-12-15(17)18;/h2-14H2,1H3,(H2,17,18);. The Kier molecular flexibility index (Phi) is 19.9. The van der Waals surface area contributed by atoms with Crippen LogP contribution in [0.5, 0.6) is 0 Å². The first kappa shape index (κ1) is 23.2. The summed E-state index contributed by atoms with van der Waals surface area (Å²) >= 11 is 0. The molecule has 0 atom stereocenters. The summed E-state index contributed by atoms with van der Waals surface area (Å²) in [5.41, 5.74) is 4.96. The van der Waals surface area contributed by atoms with Crippen molar-refractivity contribution >= 4 is 41.4 Å². The number of hydrogen-bond acceptors (Lipinski definition) is 3. The van der Waals surface area contributed by atoms with E-state index < -0.39 is 5.91 Å². The van der Waals surface area contributed by atoms with Crippen molar-refractivity contribution in [2.75, 3.05) is 6.61 Å². The van der Waals surface area contributed by atoms with Gasteiger partial charge in [0.05, 0.1) is 13.0 Å². The van der Waals surface area contributed by atoms with E-state index in [1.165, 1.54) is 51.4 Å². The van der Waals surface area contributed by atoms with Gasteiger partial charge in [-0.1, -0.05) is 64.7 Å². The van der Waals surface area contributed by atoms with Crippen LogP contribution in [0.3, 0.4) is 0 Å². The van der Waals surface area contributed by atoms with Gasteiger partial charge in [0.2, 0.25) is 5.91 Å². The van der Waals surface area contributed by atoms with Crippen molar-refractivity contribution < 1.29 is 14.3 Å². The van der Waals surface area contributed by atoms with Crippen molar-refractivity contribution in [3.8, 4) is 0 Å². The van der Waals surface area contributed by atoms with Crippen LogP contribution in [0.4, 0.5) is 0 Å². The molecule has 2 N–H and O–H groups in total. The molecule has 0 aliphatic carbocycles. The second-order valence-corrected chi connectivity index (χ2v) is 5.37. The minimum atomic E-state index is -0.458. The van der Waals surface area contributed by atoms with Crippen LogP contribution in [0, 0.1) is 0 Å². The Hall–Kier alpha value is -0.0600. The van der Waals surface area contributed by atoms with Gasteiger partial charge >= 0.3 is 5.97 Å². The van der Waals surface area contributed by atoms with Crippen molar-refractivity contribution in [1.82, 2.24) is 0 Å². The monoisotopic (exact) mass is 308 g/mol. The van der Waals surface area contributed by atoms with Gasteiger partial charge in [-0.15, -0.1) is 0 Å². The van der Waals surface area contributed by atoms with Crippen LogP contribution in [0.15, 0.2) is 0 Å². The van der Waals surface area contributed by atoms with E-state index in [0.29, 0.717) is 6.61 Å². The summed E-state index contributed by atoms with van der Waals surface area (Å²) in [4.78, 5) is 21.7. The number of hydrogen-bond donors (Lipinski definition) is 1. The smallest absolute Gasteiger partial charge is 0.306 e. The Morgan fingerprint density at radius 2 is 1.29 bits per heavy atom. The predicted octanol–water partition coefficient (Wildman–Crippen LogP) is 3.34. The number of ether oxygens (including phenoxy) is 1. The molecule has 1 radical (unpaired) electrons. The number of rotatable bonds is 14. The Morgan fingerprint density at radius 3 is 1.76 bits per heavy atom. The van der Waals surface area contributed by atoms with Crippen molar-refractivity contribution in [1.29, 1.82) is 0 Å². The summed E-state index contributed by atoms with van der Waals surface area (Å²) < 4.78 is 5.02. The van der Waals surface area contributed by atoms with Crippen LogP contribution in [0.1, 0.15) is 84.0 Å². The molecule has 21 heavy (non-hydrogen) atoms. The molecule has 0 rings (SSSR count). The summed E-state index contributed by atoms with van der Waals surface area (Å²) in [7, 11) is 0. The van der Waals surface area contributed by atoms with Crippen LogP contribution >= 0.6 is 0 Å². The first-order chi connectivity index (χ1) is 9.66. The maximum Gasteiger partial charge on any atom is 0.306 e. The maximum atomic E-state index is 11.2. The summed E-state index contributed by atoms with van der Waals surface area (Å²) in [6, 6.07) is 0. The molecule has 0 aromatic heterocycles. The average molecular weight is 308 g/mol. The van der Waals surface area contributed by atoms with Crippen molar-refractivity contribution in [2.24, 2.45) is 5.73 Å². The molecule has 0 aromatic carbocycles. The summed E-state index contributed by atoms with van der Waals surface area (Å²) in [5, 5.41) is 0. The van der Waals surface area contributed by atoms with Gasteiger partial charge in [0.25, 0.3) is 0 Å². The first-order valence-electron chi connectivity index (χ1n) is 8.10. The van der Waals surface area contributed by atoms with E-state index in [4.69, 9.17) is 10.5 Å². The van der Waals surface area contributed by atoms with Gasteiger partial charge in [-0.2, -0.15) is 0 Å². The Morgan fingerprint density at radius 1 is 0.810 bits per heavy atom. The minimum Gasteiger partial charge on any atom is -0.466 e. The van der Waals surface area contributed by atoms with E-state index in [9.17, 15) is 9.59 Å². The molecule has 1 amide bonds. The Bertz CT molecular complexity index is 260. The number of carbonyl (C=O) groups is 2. The quantitative estimate of drug-likeness (QED) is 0.304. The van der Waals surface area contributed by atoms with Gasteiger partial charge in [0, 0.05) is 36.0 Å². The first-order valence-corrected chi connectivity index (χ1v) is 8.10. The number of amides is 1. The molecular weight excluding hydrogens is 277 g/mol. The molecule has 5 heteroatoms. The van der Waals surface area contributed by atoms with Gasteiger partial charge in [0.1, 0.15) is 0 Å². The number of primary amides is 1. The number of carbonyl (C=O) groups excluding carboxylic acids is 2. The van der Waals surface area contributed by atoms with Crippen LogP contribution in [0.25, 0.3) is 0 Å². The normalized spacial score (nSPS) is 9.95. The van der Waals surface area contributed by atoms with Crippen LogP contribution in [-0.4, -0.2) is 48.0 Å². The predicted molar refractivity (Wildman–Crippen MR) is 87.0 cm³/mol. The van der Waals surface area contributed by atoms with Crippen molar-refractivity contribution in [3.63, 3.8) is 0 Å². The largest absolute Gasteiger partial charge is 0.466 e. The summed E-state index contributed by atoms with van der Waals surface area (Å²) in [6.45, 7) is 2.70. The second-order valence-electron chi connectivity index (χ2n) is 5.37. The Labute approximate surface area is 151 Å². The number of unbranched alkanes of at least 4 members (excludes halogenated alkanes) is 9. The molecule has 0 fully saturated rings. The van der Waals surface area contributed by atoms with E-state index >= 15 is 0 Å². The topological polar surface area (TPSA) is 69.4 Å². The zero-order valence-corrected chi connectivity index (χ0v) is 16.0. The van der Waals surface area contributed by atoms with Crippen LogP contribution in [-0.2, 0) is 14.3 Å². The van der Waals surface area contributed by atoms with Crippen LogP contribution in [0.2, 0.25) is 0 Å². The SMILES string of the molecule is CCCCCCCCCCCCOC(=O)CCC(N)=O.[Na]. The van der Waals surface area contributed by atoms with Gasteiger partial charge < -0.3 is 10.5 Å². The molecule has 0 heterocycles. The second kappa shape index (κ2) is 18.0. The fraction of sp³-hybridized carbons (Fsp3) is 0.875. The van der Waals surface area contributed by atoms with Gasteiger partial charge in [-0.25, -0.2) is 0 Å². The van der Waals surface area contributed by atoms with Gasteiger partial charge in [-0.05, 0) is 6.42 Å². The third-order valence-electron chi connectivity index (χ3n) is 3.34. The van der Waals surface area contributed by atoms with Crippen LogP contribution < -0.4 is 5.73 Å². The third-order valence-corrected chi connectivity index (χ3v) is 3.34. The molecular formula is C16H31NNaO3. The number of esters is 1. The molecule has 0 spiro atoms. The molecule has 4 nitrogen and oxygen atoms in total. The maximum absolute atomic E-state index is 11.2. The summed E-state index contributed by atoms with van der Waals surface area (Å²) in [6.07, 6.45) is 12.8. The zero-order valence-electron chi connectivity index (χ0n) is 14.0. The minimum absolute atomic E-state index is 0. The molecule has 119 valence electrons. The van der Waals surface area contributed by atoms with Crippen molar-refractivity contribution in [3.05, 3.63) is 0 Å². The molecule has 0 unspecified atom stereocenters. The fourth-order valence-corrected chi connectivity index (χ4v) is 2.07. The van der Waals surface area contributed by atoms with Gasteiger partial charge in [0.15, 0.2) is 0 Å². The molecule has 0 bridgehead atoms. The van der Waals surface area contributed by atoms with Crippen molar-refractivity contribution in [2.45, 2.75) is 84.0 Å². The van der Waals surface area contributed by atoms with E-state index in [-0.39, 0.29) is 48.4 Å². The zero-order chi connectivity index (χ0) is 15.1. The average Bonchev–Trinajstić information content (AvgIpc) is 2.42. The van der Waals surface area contributed by atoms with E-state index in [1.54, 1.807) is 0 Å². The Balaban J connectivity index is 0. The number of nitrogens with two attached hydrogens (primary N) is 1. The third kappa shape index (κ3) is 19.9. The van der Waals surface area contributed by atoms with E-state index in [1.807, 2.05) is 0 Å². The fourth-order valence-electron chi connectivity index (χ4n) is 2.07.